The molecule has 3 rings (SSSR count). The summed E-state index contributed by atoms with van der Waals surface area (Å²) in [6.07, 6.45) is 5.36. The van der Waals surface area contributed by atoms with Crippen LogP contribution in [0.15, 0.2) is 35.2 Å². The molecule has 0 aromatic heterocycles. The molecule has 1 atom stereocenters. The number of nitrogens with one attached hydrogen (secondary N) is 2. The molecule has 1 aromatic carbocycles. The molecule has 8 heteroatoms. The molecular formula is C18H25N3O4S. The minimum Gasteiger partial charge on any atom is -0.346 e. The van der Waals surface area contributed by atoms with Crippen LogP contribution in [0.1, 0.15) is 38.5 Å². The molecule has 1 saturated carbocycles. The fourth-order valence-corrected chi connectivity index (χ4v) is 5.38. The van der Waals surface area contributed by atoms with E-state index in [-0.39, 0.29) is 23.5 Å². The van der Waals surface area contributed by atoms with Crippen LogP contribution in [0, 0.1) is 0 Å². The maximum atomic E-state index is 12.8. The number of sulfonamides is 1. The molecule has 1 aliphatic heterocycles. The lowest BCUT2D eigenvalue weighted by Gasteiger charge is -2.24. The smallest absolute Gasteiger partial charge is 0.309 e. The van der Waals surface area contributed by atoms with E-state index in [1.54, 1.807) is 30.3 Å². The lowest BCUT2D eigenvalue weighted by Crippen LogP contribution is -2.48. The molecule has 0 bridgehead atoms. The van der Waals surface area contributed by atoms with Gasteiger partial charge in [-0.1, -0.05) is 31.0 Å². The van der Waals surface area contributed by atoms with Crippen LogP contribution < -0.4 is 10.6 Å². The van der Waals surface area contributed by atoms with Crippen molar-refractivity contribution in [1.82, 2.24) is 14.9 Å². The summed E-state index contributed by atoms with van der Waals surface area (Å²) in [6, 6.07) is 8.03. The lowest BCUT2D eigenvalue weighted by atomic mass is 10.2. The first kappa shape index (κ1) is 18.8. The molecular weight excluding hydrogens is 354 g/mol. The number of hydrogen-bond acceptors (Lipinski definition) is 4. The Morgan fingerprint density at radius 1 is 1.00 bits per heavy atom. The zero-order valence-electron chi connectivity index (χ0n) is 14.7. The van der Waals surface area contributed by atoms with Gasteiger partial charge < -0.3 is 10.6 Å². The molecule has 7 nitrogen and oxygen atoms in total. The van der Waals surface area contributed by atoms with E-state index in [9.17, 15) is 18.0 Å². The van der Waals surface area contributed by atoms with E-state index < -0.39 is 21.8 Å². The second-order valence-corrected chi connectivity index (χ2v) is 8.78. The Labute approximate surface area is 154 Å². The van der Waals surface area contributed by atoms with E-state index in [4.69, 9.17) is 0 Å². The molecule has 1 aromatic rings. The fourth-order valence-electron chi connectivity index (χ4n) is 3.67. The summed E-state index contributed by atoms with van der Waals surface area (Å²) < 4.78 is 27.0. The number of hydrogen-bond donors (Lipinski definition) is 2. The molecule has 2 aliphatic rings. The first-order chi connectivity index (χ1) is 12.5. The predicted molar refractivity (Wildman–Crippen MR) is 96.8 cm³/mol. The summed E-state index contributed by atoms with van der Waals surface area (Å²) >= 11 is 0. The van der Waals surface area contributed by atoms with Crippen molar-refractivity contribution >= 4 is 21.8 Å². The van der Waals surface area contributed by atoms with Crippen LogP contribution in [-0.4, -0.2) is 49.7 Å². The fraction of sp³-hybridized carbons (Fsp3) is 0.556. The van der Waals surface area contributed by atoms with Gasteiger partial charge in [-0.2, -0.15) is 4.31 Å². The van der Waals surface area contributed by atoms with Gasteiger partial charge in [0.25, 0.3) is 0 Å². The van der Waals surface area contributed by atoms with E-state index in [0.29, 0.717) is 13.0 Å². The van der Waals surface area contributed by atoms with Crippen molar-refractivity contribution < 1.29 is 18.0 Å². The third-order valence-electron chi connectivity index (χ3n) is 5.07. The molecule has 26 heavy (non-hydrogen) atoms. The zero-order chi connectivity index (χ0) is 18.6. The Morgan fingerprint density at radius 3 is 2.38 bits per heavy atom. The van der Waals surface area contributed by atoms with Crippen LogP contribution in [0.3, 0.4) is 0 Å². The SMILES string of the molecule is O=C(NC[C@@H]1CCCN1S(=O)(=O)c1ccccc1)C(=O)NC1CCCC1. The predicted octanol–water partition coefficient (Wildman–Crippen LogP) is 1.01. The van der Waals surface area contributed by atoms with Crippen molar-refractivity contribution in [3.05, 3.63) is 30.3 Å². The maximum absolute atomic E-state index is 12.8. The highest BCUT2D eigenvalue weighted by atomic mass is 32.2. The number of rotatable bonds is 5. The Kier molecular flexibility index (Phi) is 5.93. The van der Waals surface area contributed by atoms with Gasteiger partial charge in [0.15, 0.2) is 0 Å². The molecule has 2 fully saturated rings. The largest absolute Gasteiger partial charge is 0.346 e. The highest BCUT2D eigenvalue weighted by Crippen LogP contribution is 2.25. The normalized spacial score (nSPS) is 21.6. The van der Waals surface area contributed by atoms with Gasteiger partial charge in [0.05, 0.1) is 4.90 Å². The average molecular weight is 379 g/mol. The third-order valence-corrected chi connectivity index (χ3v) is 7.03. The monoisotopic (exact) mass is 379 g/mol. The second kappa shape index (κ2) is 8.18. The van der Waals surface area contributed by atoms with E-state index in [1.165, 1.54) is 4.31 Å². The summed E-state index contributed by atoms with van der Waals surface area (Å²) in [5, 5.41) is 5.33. The van der Waals surface area contributed by atoms with Crippen LogP contribution >= 0.6 is 0 Å². The summed E-state index contributed by atoms with van der Waals surface area (Å²) in [6.45, 7) is 0.565. The second-order valence-electron chi connectivity index (χ2n) is 6.89. The van der Waals surface area contributed by atoms with Gasteiger partial charge >= 0.3 is 11.8 Å². The van der Waals surface area contributed by atoms with Crippen LogP contribution in [0.4, 0.5) is 0 Å². The summed E-state index contributed by atoms with van der Waals surface area (Å²) in [4.78, 5) is 24.2. The molecule has 142 valence electrons. The number of carbonyl (C=O) groups is 2. The molecule has 1 aliphatic carbocycles. The summed E-state index contributed by atoms with van der Waals surface area (Å²) in [7, 11) is -3.59. The average Bonchev–Trinajstić information content (AvgIpc) is 3.32. The number of amides is 2. The minimum absolute atomic E-state index is 0.0784. The van der Waals surface area contributed by atoms with Crippen LogP contribution in [0.2, 0.25) is 0 Å². The Hall–Kier alpha value is -1.93. The Morgan fingerprint density at radius 2 is 1.69 bits per heavy atom. The van der Waals surface area contributed by atoms with Crippen molar-refractivity contribution in [2.75, 3.05) is 13.1 Å². The zero-order valence-corrected chi connectivity index (χ0v) is 15.5. The standard InChI is InChI=1S/C18H25N3O4S/c22-17(18(23)20-14-7-4-5-8-14)19-13-15-9-6-12-21(15)26(24,25)16-10-2-1-3-11-16/h1-3,10-11,14-15H,4-9,12-13H2,(H,19,22)(H,20,23)/t15-/m0/s1. The van der Waals surface area contributed by atoms with Crippen LogP contribution in [0.25, 0.3) is 0 Å². The molecule has 0 unspecified atom stereocenters. The van der Waals surface area contributed by atoms with Gasteiger partial charge in [-0.3, -0.25) is 9.59 Å². The van der Waals surface area contributed by atoms with Crippen molar-refractivity contribution in [2.45, 2.75) is 55.5 Å². The molecule has 1 heterocycles. The molecule has 2 N–H and O–H groups in total. The topological polar surface area (TPSA) is 95.6 Å². The quantitative estimate of drug-likeness (QED) is 0.747. The molecule has 1 saturated heterocycles. The van der Waals surface area contributed by atoms with Gasteiger partial charge in [0.1, 0.15) is 0 Å². The number of benzene rings is 1. The third kappa shape index (κ3) is 4.24. The van der Waals surface area contributed by atoms with Gasteiger partial charge in [-0.25, -0.2) is 8.42 Å². The number of carbonyl (C=O) groups excluding carboxylic acids is 2. The van der Waals surface area contributed by atoms with Gasteiger partial charge in [-0.05, 0) is 37.8 Å². The van der Waals surface area contributed by atoms with Crippen molar-refractivity contribution in [1.29, 1.82) is 0 Å². The van der Waals surface area contributed by atoms with E-state index in [0.717, 1.165) is 32.1 Å². The summed E-state index contributed by atoms with van der Waals surface area (Å²) in [5.74, 6) is -1.33. The first-order valence-electron chi connectivity index (χ1n) is 9.14. The Bertz CT molecular complexity index is 745. The highest BCUT2D eigenvalue weighted by molar-refractivity contribution is 7.89. The lowest BCUT2D eigenvalue weighted by molar-refractivity contribution is -0.139. The molecule has 0 spiro atoms. The first-order valence-corrected chi connectivity index (χ1v) is 10.6. The van der Waals surface area contributed by atoms with Gasteiger partial charge in [0, 0.05) is 25.2 Å². The van der Waals surface area contributed by atoms with E-state index >= 15 is 0 Å². The van der Waals surface area contributed by atoms with E-state index in [2.05, 4.69) is 10.6 Å². The van der Waals surface area contributed by atoms with Crippen molar-refractivity contribution in [3.63, 3.8) is 0 Å². The molecule has 0 radical (unpaired) electrons. The summed E-state index contributed by atoms with van der Waals surface area (Å²) in [5.41, 5.74) is 0. The molecule has 2 amide bonds. The number of nitrogens with zero attached hydrogens (tertiary/aromatic N) is 1. The minimum atomic E-state index is -3.59. The maximum Gasteiger partial charge on any atom is 0.309 e. The van der Waals surface area contributed by atoms with E-state index in [1.807, 2.05) is 0 Å². The van der Waals surface area contributed by atoms with Crippen molar-refractivity contribution in [3.8, 4) is 0 Å². The van der Waals surface area contributed by atoms with Crippen LogP contribution in [-0.2, 0) is 19.6 Å². The van der Waals surface area contributed by atoms with Crippen molar-refractivity contribution in [2.24, 2.45) is 0 Å². The Balaban J connectivity index is 1.57. The van der Waals surface area contributed by atoms with Crippen LogP contribution in [0.5, 0.6) is 0 Å². The van der Waals surface area contributed by atoms with Gasteiger partial charge in [0.2, 0.25) is 10.0 Å². The van der Waals surface area contributed by atoms with Gasteiger partial charge in [-0.15, -0.1) is 0 Å². The highest BCUT2D eigenvalue weighted by Gasteiger charge is 2.35.